The topological polar surface area (TPSA) is 95.0 Å². The number of hydrogen-bond donors (Lipinski definition) is 1. The molecule has 0 saturated heterocycles. The monoisotopic (exact) mass is 402 g/mol. The normalized spacial score (nSPS) is 14.1. The van der Waals surface area contributed by atoms with Gasteiger partial charge in [-0.3, -0.25) is 4.79 Å². The molecule has 0 atom stereocenters. The Bertz CT molecular complexity index is 1060. The quantitative estimate of drug-likeness (QED) is 0.848. The molecule has 1 amide bonds. The van der Waals surface area contributed by atoms with Crippen molar-refractivity contribution in [1.29, 1.82) is 0 Å². The second kappa shape index (κ2) is 7.37. The Balaban J connectivity index is 2.08. The van der Waals surface area contributed by atoms with E-state index in [-0.39, 0.29) is 21.9 Å². The number of fused-ring (bicyclic) bond motifs is 1. The van der Waals surface area contributed by atoms with Gasteiger partial charge in [0.2, 0.25) is 10.0 Å². The third-order valence-electron chi connectivity index (χ3n) is 4.94. The van der Waals surface area contributed by atoms with Crippen LogP contribution in [0.5, 0.6) is 0 Å². The van der Waals surface area contributed by atoms with Gasteiger partial charge in [0.1, 0.15) is 0 Å². The maximum atomic E-state index is 13.3. The Hall–Kier alpha value is -2.71. The van der Waals surface area contributed by atoms with Crippen LogP contribution in [0.1, 0.15) is 38.3 Å². The number of rotatable bonds is 4. The number of carbonyl (C=O) groups is 2. The number of amides is 1. The van der Waals surface area contributed by atoms with E-state index in [0.717, 1.165) is 4.31 Å². The molecule has 0 aromatic heterocycles. The van der Waals surface area contributed by atoms with E-state index in [1.54, 1.807) is 30.0 Å². The summed E-state index contributed by atoms with van der Waals surface area (Å²) in [6.45, 7) is 2.19. The highest BCUT2D eigenvalue weighted by atomic mass is 32.2. The summed E-state index contributed by atoms with van der Waals surface area (Å²) >= 11 is 0. The van der Waals surface area contributed by atoms with Crippen molar-refractivity contribution in [2.24, 2.45) is 0 Å². The lowest BCUT2D eigenvalue weighted by molar-refractivity contribution is 0.0695. The van der Waals surface area contributed by atoms with Crippen molar-refractivity contribution < 1.29 is 23.1 Å². The maximum Gasteiger partial charge on any atom is 0.336 e. The fourth-order valence-electron chi connectivity index (χ4n) is 3.38. The highest BCUT2D eigenvalue weighted by Gasteiger charge is 2.28. The minimum Gasteiger partial charge on any atom is -0.478 e. The molecule has 0 spiro atoms. The van der Waals surface area contributed by atoms with E-state index in [0.29, 0.717) is 36.2 Å². The molecule has 0 aliphatic carbocycles. The van der Waals surface area contributed by atoms with E-state index in [4.69, 9.17) is 0 Å². The Morgan fingerprint density at radius 2 is 1.82 bits per heavy atom. The molecule has 3 rings (SSSR count). The van der Waals surface area contributed by atoms with Crippen LogP contribution in [0.2, 0.25) is 0 Å². The molecule has 1 aliphatic heterocycles. The largest absolute Gasteiger partial charge is 0.478 e. The zero-order valence-electron chi connectivity index (χ0n) is 16.0. The third kappa shape index (κ3) is 3.41. The van der Waals surface area contributed by atoms with Crippen molar-refractivity contribution in [1.82, 2.24) is 4.31 Å². The molecule has 8 heteroatoms. The number of anilines is 1. The first-order valence-electron chi connectivity index (χ1n) is 8.85. The van der Waals surface area contributed by atoms with Crippen molar-refractivity contribution >= 4 is 27.6 Å². The van der Waals surface area contributed by atoms with Crippen molar-refractivity contribution in [3.05, 3.63) is 58.7 Å². The molecule has 0 saturated carbocycles. The molecular formula is C20H22N2O5S. The van der Waals surface area contributed by atoms with E-state index in [1.165, 1.54) is 32.3 Å². The fraction of sp³-hybridized carbons (Fsp3) is 0.300. The van der Waals surface area contributed by atoms with Gasteiger partial charge in [-0.1, -0.05) is 12.1 Å². The van der Waals surface area contributed by atoms with Crippen LogP contribution >= 0.6 is 0 Å². The molecule has 28 heavy (non-hydrogen) atoms. The first-order valence-corrected chi connectivity index (χ1v) is 10.3. The van der Waals surface area contributed by atoms with E-state index < -0.39 is 16.0 Å². The van der Waals surface area contributed by atoms with Crippen LogP contribution in [-0.4, -0.2) is 50.3 Å². The van der Waals surface area contributed by atoms with E-state index in [2.05, 4.69) is 0 Å². The minimum atomic E-state index is -3.67. The van der Waals surface area contributed by atoms with Crippen molar-refractivity contribution in [3.63, 3.8) is 0 Å². The number of carboxylic acids is 1. The zero-order valence-corrected chi connectivity index (χ0v) is 16.8. The van der Waals surface area contributed by atoms with Gasteiger partial charge < -0.3 is 10.0 Å². The number of aromatic carboxylic acids is 1. The van der Waals surface area contributed by atoms with Gasteiger partial charge in [-0.15, -0.1) is 0 Å². The standard InChI is InChI=1S/C20H22N2O5S/c1-13-9-10-14(28(26,27)21(2)3)12-17(13)19(23)22-11-5-7-15-16(20(24)25)6-4-8-18(15)22/h4,6,8-10,12H,5,7,11H2,1-3H3,(H,24,25). The summed E-state index contributed by atoms with van der Waals surface area (Å²) in [4.78, 5) is 26.4. The summed E-state index contributed by atoms with van der Waals surface area (Å²) in [5, 5.41) is 9.43. The summed E-state index contributed by atoms with van der Waals surface area (Å²) in [5.41, 5.74) is 2.33. The number of aryl methyl sites for hydroxylation is 1. The number of benzene rings is 2. The van der Waals surface area contributed by atoms with Crippen LogP contribution in [-0.2, 0) is 16.4 Å². The van der Waals surface area contributed by atoms with Gasteiger partial charge in [0.05, 0.1) is 10.5 Å². The zero-order chi connectivity index (χ0) is 20.6. The molecule has 7 nitrogen and oxygen atoms in total. The van der Waals surface area contributed by atoms with Gasteiger partial charge in [0.25, 0.3) is 5.91 Å². The lowest BCUT2D eigenvalue weighted by atomic mass is 9.95. The Morgan fingerprint density at radius 1 is 1.11 bits per heavy atom. The van der Waals surface area contributed by atoms with E-state index >= 15 is 0 Å². The average molecular weight is 402 g/mol. The lowest BCUT2D eigenvalue weighted by Crippen LogP contribution is -2.36. The molecule has 1 aliphatic rings. The van der Waals surface area contributed by atoms with Gasteiger partial charge in [0, 0.05) is 31.9 Å². The summed E-state index contributed by atoms with van der Waals surface area (Å²) in [7, 11) is -0.803. The Morgan fingerprint density at radius 3 is 2.46 bits per heavy atom. The average Bonchev–Trinajstić information content (AvgIpc) is 2.66. The summed E-state index contributed by atoms with van der Waals surface area (Å²) < 4.78 is 26.0. The second-order valence-electron chi connectivity index (χ2n) is 6.93. The lowest BCUT2D eigenvalue weighted by Gasteiger charge is -2.31. The number of hydrogen-bond acceptors (Lipinski definition) is 4. The highest BCUT2D eigenvalue weighted by molar-refractivity contribution is 7.89. The van der Waals surface area contributed by atoms with Crippen LogP contribution in [0, 0.1) is 6.92 Å². The van der Waals surface area contributed by atoms with Crippen LogP contribution in [0.25, 0.3) is 0 Å². The highest BCUT2D eigenvalue weighted by Crippen LogP contribution is 2.32. The number of nitrogens with zero attached hydrogens (tertiary/aromatic N) is 2. The summed E-state index contributed by atoms with van der Waals surface area (Å²) in [6, 6.07) is 9.37. The van der Waals surface area contributed by atoms with E-state index in [9.17, 15) is 23.1 Å². The van der Waals surface area contributed by atoms with Crippen LogP contribution < -0.4 is 4.90 Å². The fourth-order valence-corrected chi connectivity index (χ4v) is 4.31. The Labute approximate surface area is 164 Å². The van der Waals surface area contributed by atoms with Gasteiger partial charge in [0.15, 0.2) is 0 Å². The molecule has 0 unspecified atom stereocenters. The van der Waals surface area contributed by atoms with Gasteiger partial charge >= 0.3 is 5.97 Å². The predicted molar refractivity (Wildman–Crippen MR) is 105 cm³/mol. The first-order chi connectivity index (χ1) is 13.1. The smallest absolute Gasteiger partial charge is 0.336 e. The van der Waals surface area contributed by atoms with Crippen molar-refractivity contribution in [2.45, 2.75) is 24.7 Å². The SMILES string of the molecule is Cc1ccc(S(=O)(=O)N(C)C)cc1C(=O)N1CCCc2c(C(=O)O)cccc21. The van der Waals surface area contributed by atoms with Crippen molar-refractivity contribution in [2.75, 3.05) is 25.5 Å². The van der Waals surface area contributed by atoms with Gasteiger partial charge in [-0.05, 0) is 55.2 Å². The maximum absolute atomic E-state index is 13.3. The van der Waals surface area contributed by atoms with Gasteiger partial charge in [-0.2, -0.15) is 0 Å². The summed E-state index contributed by atoms with van der Waals surface area (Å²) in [5.74, 6) is -1.36. The van der Waals surface area contributed by atoms with Crippen LogP contribution in [0.4, 0.5) is 5.69 Å². The van der Waals surface area contributed by atoms with Crippen LogP contribution in [0.3, 0.4) is 0 Å². The van der Waals surface area contributed by atoms with Crippen molar-refractivity contribution in [3.8, 4) is 0 Å². The number of carboxylic acid groups (broad SMARTS) is 1. The molecular weight excluding hydrogens is 380 g/mol. The van der Waals surface area contributed by atoms with E-state index in [1.807, 2.05) is 0 Å². The third-order valence-corrected chi connectivity index (χ3v) is 6.76. The minimum absolute atomic E-state index is 0.0444. The molecule has 1 N–H and O–H groups in total. The second-order valence-corrected chi connectivity index (χ2v) is 9.08. The molecule has 0 radical (unpaired) electrons. The number of sulfonamides is 1. The molecule has 2 aromatic rings. The predicted octanol–water partition coefficient (Wildman–Crippen LogP) is 2.54. The molecule has 0 fully saturated rings. The number of carbonyl (C=O) groups excluding carboxylic acids is 1. The molecule has 0 bridgehead atoms. The molecule has 1 heterocycles. The van der Waals surface area contributed by atoms with Crippen LogP contribution in [0.15, 0.2) is 41.3 Å². The molecule has 2 aromatic carbocycles. The Kier molecular flexibility index (Phi) is 5.27. The molecule has 148 valence electrons. The first kappa shape index (κ1) is 20.0. The van der Waals surface area contributed by atoms with Gasteiger partial charge in [-0.25, -0.2) is 17.5 Å². The summed E-state index contributed by atoms with van der Waals surface area (Å²) in [6.07, 6.45) is 1.22.